The molecule has 0 heterocycles. The number of nitrogens with one attached hydrogen (secondary N) is 1. The Morgan fingerprint density at radius 2 is 1.32 bits per heavy atom. The molecule has 4 atom stereocenters. The molecule has 0 amide bonds. The molecule has 9 heteroatoms. The van der Waals surface area contributed by atoms with E-state index in [2.05, 4.69) is 5.32 Å². The van der Waals surface area contributed by atoms with E-state index in [1.165, 1.54) is 12.1 Å². The molecule has 0 aromatic heterocycles. The first-order valence-electron chi connectivity index (χ1n) is 13.6. The second-order valence-electron chi connectivity index (χ2n) is 10.8. The molecule has 2 rings (SSSR count). The number of hydrogen-bond donors (Lipinski definition) is 2. The first-order valence-corrected chi connectivity index (χ1v) is 13.6. The van der Waals surface area contributed by atoms with Gasteiger partial charge in [-0.05, 0) is 55.0 Å². The Kier molecular flexibility index (Phi) is 12.3. The maximum atomic E-state index is 12.7. The van der Waals surface area contributed by atoms with Gasteiger partial charge >= 0.3 is 23.9 Å². The smallest absolute Gasteiger partial charge is 0.338 e. The minimum Gasteiger partial charge on any atom is -0.480 e. The molecule has 9 nitrogen and oxygen atoms in total. The van der Waals surface area contributed by atoms with Crippen LogP contribution in [0, 0.1) is 23.7 Å². The Morgan fingerprint density at radius 3 is 1.85 bits per heavy atom. The van der Waals surface area contributed by atoms with Crippen molar-refractivity contribution >= 4 is 23.9 Å². The number of ether oxygens (including phenoxy) is 3. The number of carbonyl (C=O) groups excluding carboxylic acids is 3. The SMILES string of the molecule is CC(CN[C@@H](Cc1ccc(OC(=O)C(C)C(C)C)c(OC(=O)C(C)C(C)C)c1)C(=O)O)OC(=O)c1ccccc1. The van der Waals surface area contributed by atoms with E-state index in [0.29, 0.717) is 11.1 Å². The van der Waals surface area contributed by atoms with E-state index >= 15 is 0 Å². The van der Waals surface area contributed by atoms with Gasteiger partial charge in [0.25, 0.3) is 0 Å². The lowest BCUT2D eigenvalue weighted by Gasteiger charge is -2.20. The molecular formula is C31H41NO8. The zero-order chi connectivity index (χ0) is 30.0. The largest absolute Gasteiger partial charge is 0.480 e. The van der Waals surface area contributed by atoms with Crippen molar-refractivity contribution in [2.75, 3.05) is 6.54 Å². The average molecular weight is 556 g/mol. The standard InChI is InChI=1S/C31H41NO8/c1-18(2)21(6)29(35)39-26-14-13-23(16-27(26)40-30(36)22(7)19(3)4)15-25(28(33)34)32-17-20(5)38-31(37)24-11-9-8-10-12-24/h8-14,16,18-22,25,32H,15,17H2,1-7H3,(H,33,34)/t20?,21?,22?,25-/m0/s1. The number of esters is 3. The van der Waals surface area contributed by atoms with Crippen LogP contribution in [-0.4, -0.2) is 47.7 Å². The molecule has 0 saturated heterocycles. The van der Waals surface area contributed by atoms with Gasteiger partial charge in [0.1, 0.15) is 12.1 Å². The second-order valence-corrected chi connectivity index (χ2v) is 10.8. The first-order chi connectivity index (χ1) is 18.8. The van der Waals surface area contributed by atoms with Crippen LogP contribution in [0.5, 0.6) is 11.5 Å². The van der Waals surface area contributed by atoms with E-state index in [1.54, 1.807) is 57.2 Å². The highest BCUT2D eigenvalue weighted by atomic mass is 16.6. The van der Waals surface area contributed by atoms with Gasteiger partial charge in [-0.3, -0.25) is 14.4 Å². The molecule has 40 heavy (non-hydrogen) atoms. The number of aliphatic carboxylic acids is 1. The van der Waals surface area contributed by atoms with Gasteiger partial charge in [0.05, 0.1) is 17.4 Å². The molecule has 0 fully saturated rings. The molecule has 0 aliphatic rings. The van der Waals surface area contributed by atoms with Crippen molar-refractivity contribution in [3.8, 4) is 11.5 Å². The van der Waals surface area contributed by atoms with Gasteiger partial charge in [0.15, 0.2) is 11.5 Å². The molecule has 0 aliphatic carbocycles. The lowest BCUT2D eigenvalue weighted by molar-refractivity contribution is -0.142. The van der Waals surface area contributed by atoms with Crippen molar-refractivity contribution < 1.29 is 38.5 Å². The number of carbonyl (C=O) groups is 4. The van der Waals surface area contributed by atoms with Crippen molar-refractivity contribution in [2.24, 2.45) is 23.7 Å². The average Bonchev–Trinajstić information content (AvgIpc) is 2.91. The first kappa shape index (κ1) is 32.5. The summed E-state index contributed by atoms with van der Waals surface area (Å²) in [5, 5.41) is 12.7. The lowest BCUT2D eigenvalue weighted by Crippen LogP contribution is -2.42. The summed E-state index contributed by atoms with van der Waals surface area (Å²) >= 11 is 0. The molecule has 0 aliphatic heterocycles. The summed E-state index contributed by atoms with van der Waals surface area (Å²) in [5.74, 6) is -3.11. The van der Waals surface area contributed by atoms with E-state index in [1.807, 2.05) is 27.7 Å². The van der Waals surface area contributed by atoms with E-state index in [9.17, 15) is 24.3 Å². The third-order valence-electron chi connectivity index (χ3n) is 6.88. The molecule has 2 aromatic rings. The van der Waals surface area contributed by atoms with Gasteiger partial charge < -0.3 is 24.6 Å². The third kappa shape index (κ3) is 9.79. The van der Waals surface area contributed by atoms with Crippen molar-refractivity contribution in [1.29, 1.82) is 0 Å². The fourth-order valence-electron chi connectivity index (χ4n) is 3.45. The van der Waals surface area contributed by atoms with Gasteiger partial charge in [-0.25, -0.2) is 4.79 Å². The number of hydrogen-bond acceptors (Lipinski definition) is 8. The summed E-state index contributed by atoms with van der Waals surface area (Å²) in [6.45, 7) is 12.9. The summed E-state index contributed by atoms with van der Waals surface area (Å²) < 4.78 is 16.6. The summed E-state index contributed by atoms with van der Waals surface area (Å²) in [6.07, 6.45) is -0.552. The van der Waals surface area contributed by atoms with Crippen LogP contribution >= 0.6 is 0 Å². The Balaban J connectivity index is 2.18. The molecule has 0 bridgehead atoms. The summed E-state index contributed by atoms with van der Waals surface area (Å²) in [4.78, 5) is 49.6. The number of carboxylic acids is 1. The predicted octanol–water partition coefficient (Wildman–Crippen LogP) is 4.91. The van der Waals surface area contributed by atoms with Crippen LogP contribution in [0.3, 0.4) is 0 Å². The van der Waals surface area contributed by atoms with Crippen LogP contribution in [-0.2, 0) is 25.5 Å². The molecule has 0 spiro atoms. The van der Waals surface area contributed by atoms with Gasteiger partial charge in [-0.2, -0.15) is 0 Å². The Morgan fingerprint density at radius 1 is 0.775 bits per heavy atom. The van der Waals surface area contributed by atoms with Crippen LogP contribution in [0.4, 0.5) is 0 Å². The van der Waals surface area contributed by atoms with Crippen LogP contribution < -0.4 is 14.8 Å². The number of carboxylic acid groups (broad SMARTS) is 1. The minimum absolute atomic E-state index is 0.0289. The molecule has 3 unspecified atom stereocenters. The molecule has 2 aromatic carbocycles. The van der Waals surface area contributed by atoms with E-state index in [0.717, 1.165) is 0 Å². The highest BCUT2D eigenvalue weighted by molar-refractivity contribution is 5.89. The third-order valence-corrected chi connectivity index (χ3v) is 6.88. The number of rotatable bonds is 14. The van der Waals surface area contributed by atoms with Crippen molar-refractivity contribution in [2.45, 2.75) is 67.0 Å². The highest BCUT2D eigenvalue weighted by Gasteiger charge is 2.26. The van der Waals surface area contributed by atoms with E-state index in [4.69, 9.17) is 14.2 Å². The zero-order valence-corrected chi connectivity index (χ0v) is 24.3. The lowest BCUT2D eigenvalue weighted by atomic mass is 9.98. The minimum atomic E-state index is -1.10. The van der Waals surface area contributed by atoms with E-state index < -0.39 is 41.9 Å². The fourth-order valence-corrected chi connectivity index (χ4v) is 3.45. The van der Waals surface area contributed by atoms with Crippen molar-refractivity contribution in [3.05, 3.63) is 59.7 Å². The van der Waals surface area contributed by atoms with Crippen LogP contribution in [0.1, 0.15) is 64.4 Å². The van der Waals surface area contributed by atoms with Gasteiger partial charge in [-0.1, -0.05) is 65.8 Å². The Labute approximate surface area is 236 Å². The maximum Gasteiger partial charge on any atom is 0.338 e. The topological polar surface area (TPSA) is 128 Å². The molecule has 2 N–H and O–H groups in total. The quantitative estimate of drug-likeness (QED) is 0.247. The van der Waals surface area contributed by atoms with Crippen molar-refractivity contribution in [3.63, 3.8) is 0 Å². The van der Waals surface area contributed by atoms with E-state index in [-0.39, 0.29) is 42.2 Å². The van der Waals surface area contributed by atoms with Gasteiger partial charge in [-0.15, -0.1) is 0 Å². The van der Waals surface area contributed by atoms with Gasteiger partial charge in [0, 0.05) is 6.54 Å². The zero-order valence-electron chi connectivity index (χ0n) is 24.3. The molecular weight excluding hydrogens is 514 g/mol. The highest BCUT2D eigenvalue weighted by Crippen LogP contribution is 2.31. The maximum absolute atomic E-state index is 12.7. The summed E-state index contributed by atoms with van der Waals surface area (Å²) in [5.41, 5.74) is 0.951. The summed E-state index contributed by atoms with van der Waals surface area (Å²) in [6, 6.07) is 12.2. The normalized spacial score (nSPS) is 14.2. The second kappa shape index (κ2) is 15.2. The fraction of sp³-hybridized carbons (Fsp3) is 0.484. The predicted molar refractivity (Wildman–Crippen MR) is 150 cm³/mol. The van der Waals surface area contributed by atoms with Gasteiger partial charge in [0.2, 0.25) is 0 Å². The molecule has 0 saturated carbocycles. The Bertz CT molecular complexity index is 1160. The van der Waals surface area contributed by atoms with Crippen LogP contribution in [0.2, 0.25) is 0 Å². The molecule has 218 valence electrons. The summed E-state index contributed by atoms with van der Waals surface area (Å²) in [7, 11) is 0. The molecule has 0 radical (unpaired) electrons. The van der Waals surface area contributed by atoms with Crippen molar-refractivity contribution in [1.82, 2.24) is 5.32 Å². The monoisotopic (exact) mass is 555 g/mol. The Hall–Kier alpha value is -3.72. The number of benzene rings is 2. The van der Waals surface area contributed by atoms with Crippen LogP contribution in [0.15, 0.2) is 48.5 Å². The van der Waals surface area contributed by atoms with Crippen LogP contribution in [0.25, 0.3) is 0 Å².